The van der Waals surface area contributed by atoms with Gasteiger partial charge in [0.05, 0.1) is 11.1 Å². The van der Waals surface area contributed by atoms with E-state index in [0.717, 1.165) is 28.5 Å². The van der Waals surface area contributed by atoms with Gasteiger partial charge in [0, 0.05) is 26.3 Å². The van der Waals surface area contributed by atoms with E-state index in [-0.39, 0.29) is 0 Å². The Labute approximate surface area is 147 Å². The molecule has 0 aliphatic carbocycles. The van der Waals surface area contributed by atoms with E-state index >= 15 is 0 Å². The maximum Gasteiger partial charge on any atom is 0.230 e. The van der Waals surface area contributed by atoms with E-state index in [2.05, 4.69) is 40.6 Å². The molecule has 0 spiro atoms. The molecule has 0 aromatic carbocycles. The second-order valence-electron chi connectivity index (χ2n) is 6.81. The van der Waals surface area contributed by atoms with Crippen molar-refractivity contribution in [2.45, 2.75) is 38.8 Å². The fraction of sp³-hybridized carbons (Fsp3) is 0.562. The summed E-state index contributed by atoms with van der Waals surface area (Å²) in [5, 5.41) is 1.07. The van der Waals surface area contributed by atoms with Crippen LogP contribution in [-0.4, -0.2) is 37.4 Å². The van der Waals surface area contributed by atoms with Crippen LogP contribution in [0.5, 0.6) is 5.88 Å². The molecular formula is C16H26BrN3O2Si. The van der Waals surface area contributed by atoms with Crippen molar-refractivity contribution in [2.24, 2.45) is 5.73 Å². The van der Waals surface area contributed by atoms with Crippen molar-refractivity contribution in [3.8, 4) is 5.88 Å². The molecule has 7 heteroatoms. The first-order chi connectivity index (χ1) is 10.9. The fourth-order valence-electron chi connectivity index (χ4n) is 2.07. The highest BCUT2D eigenvalue weighted by molar-refractivity contribution is 9.10. The Bertz CT molecular complexity index is 640. The Kier molecular flexibility index (Phi) is 6.64. The first-order valence-electron chi connectivity index (χ1n) is 7.97. The van der Waals surface area contributed by atoms with Crippen molar-refractivity contribution in [1.82, 2.24) is 9.55 Å². The van der Waals surface area contributed by atoms with Gasteiger partial charge >= 0.3 is 0 Å². The average molecular weight is 400 g/mol. The number of hydrogen-bond donors (Lipinski definition) is 1. The number of nitrogens with two attached hydrogens (primary N) is 1. The number of rotatable bonds is 9. The van der Waals surface area contributed by atoms with Gasteiger partial charge in [-0.05, 0) is 47.1 Å². The molecule has 0 unspecified atom stereocenters. The van der Waals surface area contributed by atoms with E-state index in [0.29, 0.717) is 25.8 Å². The molecule has 2 N–H and O–H groups in total. The van der Waals surface area contributed by atoms with Crippen LogP contribution in [0.15, 0.2) is 22.8 Å². The van der Waals surface area contributed by atoms with E-state index in [1.807, 2.05) is 22.9 Å². The zero-order chi connectivity index (χ0) is 16.9. The number of pyridine rings is 1. The third-order valence-electron chi connectivity index (χ3n) is 3.47. The van der Waals surface area contributed by atoms with Gasteiger partial charge in [-0.25, -0.2) is 0 Å². The Balaban J connectivity index is 2.04. The monoisotopic (exact) mass is 399 g/mol. The van der Waals surface area contributed by atoms with E-state index in [1.54, 1.807) is 0 Å². The van der Waals surface area contributed by atoms with Crippen molar-refractivity contribution in [1.29, 1.82) is 0 Å². The summed E-state index contributed by atoms with van der Waals surface area (Å²) in [6.07, 6.45) is 2.81. The van der Waals surface area contributed by atoms with E-state index in [4.69, 9.17) is 15.2 Å². The third-order valence-corrected chi connectivity index (χ3v) is 5.74. The van der Waals surface area contributed by atoms with Gasteiger partial charge in [0.25, 0.3) is 0 Å². The van der Waals surface area contributed by atoms with Crippen LogP contribution in [0, 0.1) is 0 Å². The Hall–Kier alpha value is -0.893. The van der Waals surface area contributed by atoms with Gasteiger partial charge in [-0.2, -0.15) is 4.98 Å². The first kappa shape index (κ1) is 18.4. The number of fused-ring (bicyclic) bond motifs is 1. The van der Waals surface area contributed by atoms with Crippen molar-refractivity contribution < 1.29 is 9.47 Å². The molecule has 0 aliphatic rings. The summed E-state index contributed by atoms with van der Waals surface area (Å²) in [7, 11) is -1.05. The lowest BCUT2D eigenvalue weighted by atomic mass is 10.3. The SMILES string of the molecule is C[Si](C)(C)CCOCn1ccc2cc(Br)c(OCCCN)nc21. The van der Waals surface area contributed by atoms with Gasteiger partial charge in [-0.3, -0.25) is 0 Å². The van der Waals surface area contributed by atoms with Crippen molar-refractivity contribution in [3.05, 3.63) is 22.8 Å². The molecule has 2 rings (SSSR count). The van der Waals surface area contributed by atoms with Crippen LogP contribution in [0.3, 0.4) is 0 Å². The number of nitrogens with zero attached hydrogens (tertiary/aromatic N) is 2. The number of halogens is 1. The summed E-state index contributed by atoms with van der Waals surface area (Å²) in [6.45, 7) is 9.56. The minimum Gasteiger partial charge on any atom is -0.477 e. The van der Waals surface area contributed by atoms with Gasteiger partial charge in [0.15, 0.2) is 0 Å². The molecule has 0 saturated heterocycles. The molecule has 2 aromatic heterocycles. The van der Waals surface area contributed by atoms with E-state index < -0.39 is 8.07 Å². The van der Waals surface area contributed by atoms with Crippen LogP contribution in [0.4, 0.5) is 0 Å². The average Bonchev–Trinajstić information content (AvgIpc) is 2.85. The number of hydrogen-bond acceptors (Lipinski definition) is 4. The van der Waals surface area contributed by atoms with Crippen LogP contribution < -0.4 is 10.5 Å². The standard InChI is InChI=1S/C16H26BrN3O2Si/c1-23(2,3)10-9-21-12-20-7-5-13-11-14(17)16(19-15(13)20)22-8-4-6-18/h5,7,11H,4,6,8-10,12,18H2,1-3H3. The summed E-state index contributed by atoms with van der Waals surface area (Å²) in [5.41, 5.74) is 6.38. The van der Waals surface area contributed by atoms with Crippen molar-refractivity contribution in [3.63, 3.8) is 0 Å². The van der Waals surface area contributed by atoms with E-state index in [9.17, 15) is 0 Å². The van der Waals surface area contributed by atoms with Crippen LogP contribution in [0.1, 0.15) is 6.42 Å². The fourth-order valence-corrected chi connectivity index (χ4v) is 3.28. The van der Waals surface area contributed by atoms with Gasteiger partial charge in [-0.15, -0.1) is 0 Å². The van der Waals surface area contributed by atoms with Gasteiger partial charge in [-0.1, -0.05) is 19.6 Å². The molecule has 23 heavy (non-hydrogen) atoms. The molecule has 2 heterocycles. The molecule has 128 valence electrons. The Morgan fingerprint density at radius 2 is 2.09 bits per heavy atom. The molecule has 5 nitrogen and oxygen atoms in total. The molecular weight excluding hydrogens is 374 g/mol. The quantitative estimate of drug-likeness (QED) is 0.513. The number of ether oxygens (including phenoxy) is 2. The minimum absolute atomic E-state index is 0.519. The topological polar surface area (TPSA) is 62.3 Å². The molecule has 2 aromatic rings. The highest BCUT2D eigenvalue weighted by Gasteiger charge is 2.13. The van der Waals surface area contributed by atoms with Crippen molar-refractivity contribution >= 4 is 35.0 Å². The summed E-state index contributed by atoms with van der Waals surface area (Å²) in [5.74, 6) is 0.605. The molecule has 0 fully saturated rings. The van der Waals surface area contributed by atoms with Crippen LogP contribution >= 0.6 is 15.9 Å². The summed E-state index contributed by atoms with van der Waals surface area (Å²) in [4.78, 5) is 4.62. The highest BCUT2D eigenvalue weighted by Crippen LogP contribution is 2.28. The molecule has 0 aliphatic heterocycles. The van der Waals surface area contributed by atoms with E-state index in [1.165, 1.54) is 6.04 Å². The Morgan fingerprint density at radius 3 is 2.78 bits per heavy atom. The van der Waals surface area contributed by atoms with Crippen molar-refractivity contribution in [2.75, 3.05) is 19.8 Å². The van der Waals surface area contributed by atoms with Gasteiger partial charge in [0.1, 0.15) is 12.4 Å². The van der Waals surface area contributed by atoms with Gasteiger partial charge < -0.3 is 19.8 Å². The summed E-state index contributed by atoms with van der Waals surface area (Å²) in [6, 6.07) is 5.23. The van der Waals surface area contributed by atoms with Crippen LogP contribution in [0.25, 0.3) is 11.0 Å². The largest absolute Gasteiger partial charge is 0.477 e. The highest BCUT2D eigenvalue weighted by atomic mass is 79.9. The number of aromatic nitrogens is 2. The van der Waals surface area contributed by atoms with Crippen LogP contribution in [-0.2, 0) is 11.5 Å². The second-order valence-corrected chi connectivity index (χ2v) is 13.3. The normalized spacial score (nSPS) is 12.0. The lowest BCUT2D eigenvalue weighted by Crippen LogP contribution is -2.22. The minimum atomic E-state index is -1.05. The molecule has 0 atom stereocenters. The predicted octanol–water partition coefficient (Wildman–Crippen LogP) is 3.84. The summed E-state index contributed by atoms with van der Waals surface area (Å²) >= 11 is 3.51. The summed E-state index contributed by atoms with van der Waals surface area (Å²) < 4.78 is 14.4. The molecule has 0 amide bonds. The molecule has 0 radical (unpaired) electrons. The van der Waals surface area contributed by atoms with Gasteiger partial charge in [0.2, 0.25) is 5.88 Å². The maximum atomic E-state index is 5.82. The van der Waals surface area contributed by atoms with Crippen LogP contribution in [0.2, 0.25) is 25.7 Å². The lowest BCUT2D eigenvalue weighted by molar-refractivity contribution is 0.0898. The Morgan fingerprint density at radius 1 is 1.30 bits per heavy atom. The molecule has 0 bridgehead atoms. The maximum absolute atomic E-state index is 5.82. The third kappa shape index (κ3) is 5.60. The first-order valence-corrected chi connectivity index (χ1v) is 12.5. The zero-order valence-corrected chi connectivity index (χ0v) is 16.7. The predicted molar refractivity (Wildman–Crippen MR) is 101 cm³/mol. The molecule has 0 saturated carbocycles. The smallest absolute Gasteiger partial charge is 0.230 e. The lowest BCUT2D eigenvalue weighted by Gasteiger charge is -2.15. The zero-order valence-electron chi connectivity index (χ0n) is 14.1. The second kappa shape index (κ2) is 8.28.